The number of hydrogen-bond acceptors (Lipinski definition) is 5. The molecule has 0 aromatic heterocycles. The third-order valence-corrected chi connectivity index (χ3v) is 5.02. The molecule has 0 spiro atoms. The molecule has 138 valence electrons. The molecule has 0 unspecified atom stereocenters. The van der Waals surface area contributed by atoms with Gasteiger partial charge in [-0.2, -0.15) is 0 Å². The second kappa shape index (κ2) is 8.37. The number of non-ortho nitro benzene ring substituents is 1. The number of nitro groups is 1. The Morgan fingerprint density at radius 3 is 2.67 bits per heavy atom. The van der Waals surface area contributed by atoms with Crippen molar-refractivity contribution >= 4 is 51.9 Å². The molecule has 0 radical (unpaired) electrons. The quantitative estimate of drug-likeness (QED) is 0.389. The Morgan fingerprint density at radius 2 is 2.00 bits per heavy atom. The van der Waals surface area contributed by atoms with Gasteiger partial charge in [-0.25, -0.2) is 4.99 Å². The van der Waals surface area contributed by atoms with Gasteiger partial charge in [-0.15, -0.1) is 0 Å². The molecule has 1 heterocycles. The van der Waals surface area contributed by atoms with Gasteiger partial charge in [-0.1, -0.05) is 30.7 Å². The Hall–Kier alpha value is -2.64. The number of carbonyl (C=O) groups excluding carboxylic acids is 1. The fourth-order valence-corrected chi connectivity index (χ4v) is 3.67. The maximum atomic E-state index is 12.8. The van der Waals surface area contributed by atoms with Gasteiger partial charge in [0.05, 0.1) is 15.5 Å². The van der Waals surface area contributed by atoms with Gasteiger partial charge in [0.25, 0.3) is 11.6 Å². The lowest BCUT2D eigenvalue weighted by molar-refractivity contribution is -0.384. The average molecular weight is 402 g/mol. The van der Waals surface area contributed by atoms with Gasteiger partial charge in [-0.05, 0) is 54.1 Å². The second-order valence-corrected chi connectivity index (χ2v) is 7.24. The van der Waals surface area contributed by atoms with Crippen LogP contribution in [0.5, 0.6) is 0 Å². The largest absolute Gasteiger partial charge is 0.286 e. The van der Waals surface area contributed by atoms with Crippen molar-refractivity contribution in [1.82, 2.24) is 4.90 Å². The van der Waals surface area contributed by atoms with Crippen LogP contribution in [0.4, 0.5) is 11.4 Å². The number of aliphatic imine (C=N–C) groups is 1. The molecule has 2 aromatic carbocycles. The molecule has 0 atom stereocenters. The van der Waals surface area contributed by atoms with E-state index < -0.39 is 4.92 Å². The molecule has 0 aliphatic carbocycles. The molecule has 1 aliphatic rings. The van der Waals surface area contributed by atoms with Crippen LogP contribution >= 0.6 is 23.4 Å². The fourth-order valence-electron chi connectivity index (χ4n) is 2.52. The highest BCUT2D eigenvalue weighted by Gasteiger charge is 2.32. The van der Waals surface area contributed by atoms with Crippen LogP contribution in [0.25, 0.3) is 6.08 Å². The van der Waals surface area contributed by atoms with Crippen molar-refractivity contribution in [2.75, 3.05) is 6.54 Å². The predicted molar refractivity (Wildman–Crippen MR) is 109 cm³/mol. The van der Waals surface area contributed by atoms with Crippen molar-refractivity contribution < 1.29 is 9.72 Å². The average Bonchev–Trinajstić information content (AvgIpc) is 2.93. The summed E-state index contributed by atoms with van der Waals surface area (Å²) in [6.07, 6.45) is 2.45. The molecule has 1 fully saturated rings. The minimum atomic E-state index is -0.456. The van der Waals surface area contributed by atoms with Gasteiger partial charge in [0.15, 0.2) is 5.17 Å². The predicted octanol–water partition coefficient (Wildman–Crippen LogP) is 5.26. The third-order valence-electron chi connectivity index (χ3n) is 3.77. The van der Waals surface area contributed by atoms with E-state index in [2.05, 4.69) is 4.99 Å². The number of amides is 1. The lowest BCUT2D eigenvalue weighted by atomic mass is 10.2. The first-order valence-corrected chi connectivity index (χ1v) is 9.47. The van der Waals surface area contributed by atoms with E-state index in [-0.39, 0.29) is 11.6 Å². The smallest absolute Gasteiger partial charge is 0.270 e. The summed E-state index contributed by atoms with van der Waals surface area (Å²) in [6.45, 7) is 2.53. The molecule has 0 bridgehead atoms. The van der Waals surface area contributed by atoms with Gasteiger partial charge < -0.3 is 0 Å². The van der Waals surface area contributed by atoms with Gasteiger partial charge in [-0.3, -0.25) is 19.8 Å². The van der Waals surface area contributed by atoms with E-state index in [0.29, 0.717) is 32.9 Å². The van der Waals surface area contributed by atoms with E-state index >= 15 is 0 Å². The molecule has 1 aliphatic heterocycles. The first-order valence-electron chi connectivity index (χ1n) is 8.28. The van der Waals surface area contributed by atoms with Crippen molar-refractivity contribution in [1.29, 1.82) is 0 Å². The number of amidine groups is 1. The van der Waals surface area contributed by atoms with Crippen LogP contribution in [-0.2, 0) is 4.79 Å². The summed E-state index contributed by atoms with van der Waals surface area (Å²) >= 11 is 7.16. The van der Waals surface area contributed by atoms with Crippen molar-refractivity contribution in [2.24, 2.45) is 4.99 Å². The summed E-state index contributed by atoms with van der Waals surface area (Å²) in [5, 5.41) is 12.1. The van der Waals surface area contributed by atoms with Gasteiger partial charge in [0, 0.05) is 23.7 Å². The van der Waals surface area contributed by atoms with Crippen LogP contribution in [-0.4, -0.2) is 27.4 Å². The Bertz CT molecular complexity index is 941. The van der Waals surface area contributed by atoms with Gasteiger partial charge in [0.1, 0.15) is 0 Å². The van der Waals surface area contributed by atoms with Crippen LogP contribution in [0.3, 0.4) is 0 Å². The summed E-state index contributed by atoms with van der Waals surface area (Å²) in [7, 11) is 0. The number of hydrogen-bond donors (Lipinski definition) is 0. The molecule has 1 amide bonds. The van der Waals surface area contributed by atoms with Crippen molar-refractivity contribution in [2.45, 2.75) is 13.3 Å². The Labute approximate surface area is 165 Å². The molecule has 6 nitrogen and oxygen atoms in total. The number of nitrogens with zero attached hydrogens (tertiary/aromatic N) is 3. The maximum absolute atomic E-state index is 12.8. The van der Waals surface area contributed by atoms with E-state index in [9.17, 15) is 14.9 Å². The van der Waals surface area contributed by atoms with Crippen molar-refractivity contribution in [3.05, 3.63) is 74.1 Å². The van der Waals surface area contributed by atoms with Crippen LogP contribution in [0.2, 0.25) is 5.02 Å². The van der Waals surface area contributed by atoms with Gasteiger partial charge >= 0.3 is 0 Å². The standard InChI is InChI=1S/C19H16ClN3O3S/c1-2-10-22-18(24)17(12-13-4-3-5-16(11-13)23(25)26)27-19(22)21-15-8-6-14(20)7-9-15/h3-9,11-12H,2,10H2,1H3/b17-12-,21-19?. The summed E-state index contributed by atoms with van der Waals surface area (Å²) in [6, 6.07) is 13.2. The minimum absolute atomic E-state index is 0.0136. The summed E-state index contributed by atoms with van der Waals surface area (Å²) in [5.41, 5.74) is 1.29. The molecular weight excluding hydrogens is 386 g/mol. The van der Waals surface area contributed by atoms with Gasteiger partial charge in [0.2, 0.25) is 0 Å². The Kier molecular flexibility index (Phi) is 5.93. The third kappa shape index (κ3) is 4.56. The number of carbonyl (C=O) groups is 1. The molecule has 0 N–H and O–H groups in total. The topological polar surface area (TPSA) is 75.8 Å². The van der Waals surface area contributed by atoms with Crippen molar-refractivity contribution in [3.8, 4) is 0 Å². The van der Waals surface area contributed by atoms with E-state index in [1.54, 1.807) is 47.4 Å². The maximum Gasteiger partial charge on any atom is 0.270 e. The number of thioether (sulfide) groups is 1. The lowest BCUT2D eigenvalue weighted by Gasteiger charge is -2.13. The highest BCUT2D eigenvalue weighted by Crippen LogP contribution is 2.34. The molecule has 3 rings (SSSR count). The number of rotatable bonds is 5. The van der Waals surface area contributed by atoms with Crippen LogP contribution in [0.1, 0.15) is 18.9 Å². The van der Waals surface area contributed by atoms with Crippen molar-refractivity contribution in [3.63, 3.8) is 0 Å². The fraction of sp³-hybridized carbons (Fsp3) is 0.158. The number of halogens is 1. The SMILES string of the molecule is CCCN1C(=O)/C(=C/c2cccc([N+](=O)[O-])c2)SC1=Nc1ccc(Cl)cc1. The highest BCUT2D eigenvalue weighted by molar-refractivity contribution is 8.18. The molecule has 8 heteroatoms. The molecule has 0 saturated carbocycles. The zero-order valence-corrected chi connectivity index (χ0v) is 16.0. The highest BCUT2D eigenvalue weighted by atomic mass is 35.5. The van der Waals surface area contributed by atoms with Crippen LogP contribution < -0.4 is 0 Å². The number of benzene rings is 2. The minimum Gasteiger partial charge on any atom is -0.286 e. The zero-order valence-electron chi connectivity index (χ0n) is 14.5. The molecule has 27 heavy (non-hydrogen) atoms. The lowest BCUT2D eigenvalue weighted by Crippen LogP contribution is -2.29. The first kappa shape index (κ1) is 19.1. The normalized spacial score (nSPS) is 17.1. The Morgan fingerprint density at radius 1 is 1.26 bits per heavy atom. The molecular formula is C19H16ClN3O3S. The first-order chi connectivity index (χ1) is 13.0. The van der Waals surface area contributed by atoms with E-state index in [1.807, 2.05) is 6.92 Å². The van der Waals surface area contributed by atoms with E-state index in [1.165, 1.54) is 23.9 Å². The zero-order chi connectivity index (χ0) is 19.4. The summed E-state index contributed by atoms with van der Waals surface area (Å²) < 4.78 is 0. The number of nitro benzene ring substituents is 1. The van der Waals surface area contributed by atoms with E-state index in [0.717, 1.165) is 6.42 Å². The monoisotopic (exact) mass is 401 g/mol. The Balaban J connectivity index is 1.94. The summed E-state index contributed by atoms with van der Waals surface area (Å²) in [5.74, 6) is -0.152. The molecule has 2 aromatic rings. The summed E-state index contributed by atoms with van der Waals surface area (Å²) in [4.78, 5) is 29.9. The van der Waals surface area contributed by atoms with Crippen LogP contribution in [0.15, 0.2) is 58.4 Å². The molecule has 1 saturated heterocycles. The van der Waals surface area contributed by atoms with E-state index in [4.69, 9.17) is 11.6 Å². The second-order valence-electron chi connectivity index (χ2n) is 5.79. The van der Waals surface area contributed by atoms with Crippen LogP contribution in [0, 0.1) is 10.1 Å².